The second kappa shape index (κ2) is 7.10. The van der Waals surface area contributed by atoms with Gasteiger partial charge in [-0.1, -0.05) is 6.58 Å². The number of aromatic nitrogens is 2. The lowest BCUT2D eigenvalue weighted by Crippen LogP contribution is -2.44. The summed E-state index contributed by atoms with van der Waals surface area (Å²) < 4.78 is 5.48. The quantitative estimate of drug-likeness (QED) is 0.838. The highest BCUT2D eigenvalue weighted by Gasteiger charge is 2.28. The van der Waals surface area contributed by atoms with E-state index in [1.54, 1.807) is 0 Å². The maximum Gasteiger partial charge on any atom is 0.137 e. The standard InChI is InChI=1S/C20H26N4O/c1-14(11-21)19-13-23-20-18(19)10-16(12-22-20)15-2-4-17(5-3-15)24-6-8-25-9-7-24/h10-13,15,17,21H,1-9H2,(H,22,23). The minimum absolute atomic E-state index is 0.588. The van der Waals surface area contributed by atoms with Gasteiger partial charge in [0.2, 0.25) is 0 Å². The molecule has 5 heteroatoms. The van der Waals surface area contributed by atoms with Crippen LogP contribution in [0.4, 0.5) is 0 Å². The van der Waals surface area contributed by atoms with Gasteiger partial charge < -0.3 is 15.1 Å². The minimum Gasteiger partial charge on any atom is -0.379 e. The topological polar surface area (TPSA) is 65.0 Å². The van der Waals surface area contributed by atoms with Crippen molar-refractivity contribution in [3.8, 4) is 0 Å². The molecule has 1 aliphatic carbocycles. The normalized spacial score (nSPS) is 25.1. The molecule has 1 saturated carbocycles. The predicted molar refractivity (Wildman–Crippen MR) is 101 cm³/mol. The number of ether oxygens (including phenoxy) is 1. The molecule has 3 heterocycles. The number of morpholine rings is 1. The van der Waals surface area contributed by atoms with E-state index in [-0.39, 0.29) is 0 Å². The van der Waals surface area contributed by atoms with E-state index in [0.29, 0.717) is 5.92 Å². The second-order valence-electron chi connectivity index (χ2n) is 7.19. The molecule has 2 aromatic heterocycles. The molecule has 1 saturated heterocycles. The van der Waals surface area contributed by atoms with Crippen LogP contribution in [-0.4, -0.2) is 53.4 Å². The Balaban J connectivity index is 1.49. The molecular formula is C20H26N4O. The van der Waals surface area contributed by atoms with Gasteiger partial charge in [-0.25, -0.2) is 4.98 Å². The molecule has 0 spiro atoms. The first-order chi connectivity index (χ1) is 12.3. The van der Waals surface area contributed by atoms with Crippen molar-refractivity contribution < 1.29 is 4.74 Å². The molecule has 2 fully saturated rings. The Bertz CT molecular complexity index is 767. The van der Waals surface area contributed by atoms with Crippen LogP contribution in [0.2, 0.25) is 0 Å². The van der Waals surface area contributed by atoms with Crippen LogP contribution >= 0.6 is 0 Å². The third kappa shape index (κ3) is 3.26. The minimum atomic E-state index is 0.588. The monoisotopic (exact) mass is 338 g/mol. The van der Waals surface area contributed by atoms with E-state index < -0.39 is 0 Å². The van der Waals surface area contributed by atoms with Crippen molar-refractivity contribution in [3.05, 3.63) is 36.2 Å². The lowest BCUT2D eigenvalue weighted by atomic mass is 9.81. The molecule has 5 nitrogen and oxygen atoms in total. The van der Waals surface area contributed by atoms with Crippen molar-refractivity contribution in [1.82, 2.24) is 14.9 Å². The molecule has 132 valence electrons. The van der Waals surface area contributed by atoms with E-state index in [1.165, 1.54) is 37.5 Å². The van der Waals surface area contributed by atoms with Crippen LogP contribution in [0.15, 0.2) is 25.0 Å². The molecule has 0 aromatic carbocycles. The van der Waals surface area contributed by atoms with Crippen molar-refractivity contribution in [3.63, 3.8) is 0 Å². The summed E-state index contributed by atoms with van der Waals surface area (Å²) in [6, 6.07) is 2.97. The fourth-order valence-corrected chi connectivity index (χ4v) is 4.30. The maximum absolute atomic E-state index is 7.46. The van der Waals surface area contributed by atoms with Crippen LogP contribution in [0.1, 0.15) is 42.7 Å². The van der Waals surface area contributed by atoms with Crippen LogP contribution in [0.25, 0.3) is 16.6 Å². The van der Waals surface area contributed by atoms with Crippen molar-refractivity contribution in [2.24, 2.45) is 0 Å². The van der Waals surface area contributed by atoms with Crippen LogP contribution < -0.4 is 0 Å². The van der Waals surface area contributed by atoms with Gasteiger partial charge in [0, 0.05) is 48.7 Å². The smallest absolute Gasteiger partial charge is 0.137 e. The molecule has 0 atom stereocenters. The highest BCUT2D eigenvalue weighted by Crippen LogP contribution is 2.36. The van der Waals surface area contributed by atoms with E-state index in [4.69, 9.17) is 10.1 Å². The molecule has 2 aliphatic rings. The van der Waals surface area contributed by atoms with Gasteiger partial charge in [-0.15, -0.1) is 0 Å². The van der Waals surface area contributed by atoms with Gasteiger partial charge in [-0.2, -0.15) is 0 Å². The number of nitrogens with zero attached hydrogens (tertiary/aromatic N) is 2. The Morgan fingerprint density at radius 1 is 1.28 bits per heavy atom. The largest absolute Gasteiger partial charge is 0.379 e. The number of H-pyrrole nitrogens is 1. The van der Waals surface area contributed by atoms with Crippen LogP contribution in [0, 0.1) is 5.41 Å². The van der Waals surface area contributed by atoms with E-state index in [2.05, 4.69) is 27.5 Å². The number of pyridine rings is 1. The molecule has 0 bridgehead atoms. The fraction of sp³-hybridized carbons (Fsp3) is 0.500. The summed E-state index contributed by atoms with van der Waals surface area (Å²) in [5.41, 5.74) is 3.91. The number of aromatic amines is 1. The van der Waals surface area contributed by atoms with Crippen molar-refractivity contribution in [1.29, 1.82) is 5.41 Å². The first-order valence-corrected chi connectivity index (χ1v) is 9.25. The lowest BCUT2D eigenvalue weighted by Gasteiger charge is -2.38. The number of hydrogen-bond donors (Lipinski definition) is 2. The average Bonchev–Trinajstić information content (AvgIpc) is 3.11. The number of fused-ring (bicyclic) bond motifs is 1. The Morgan fingerprint density at radius 3 is 2.76 bits per heavy atom. The van der Waals surface area contributed by atoms with Crippen molar-refractivity contribution in [2.75, 3.05) is 26.3 Å². The molecule has 0 unspecified atom stereocenters. The summed E-state index contributed by atoms with van der Waals surface area (Å²) in [5.74, 6) is 0.588. The van der Waals surface area contributed by atoms with E-state index in [1.807, 2.05) is 12.4 Å². The zero-order valence-electron chi connectivity index (χ0n) is 14.6. The summed E-state index contributed by atoms with van der Waals surface area (Å²) in [7, 11) is 0. The molecule has 2 aromatic rings. The highest BCUT2D eigenvalue weighted by atomic mass is 16.5. The summed E-state index contributed by atoms with van der Waals surface area (Å²) >= 11 is 0. The summed E-state index contributed by atoms with van der Waals surface area (Å²) in [6.45, 7) is 7.90. The van der Waals surface area contributed by atoms with Crippen molar-refractivity contribution >= 4 is 22.8 Å². The molecule has 0 radical (unpaired) electrons. The molecule has 0 amide bonds. The Labute approximate surface area is 148 Å². The van der Waals surface area contributed by atoms with Gasteiger partial charge in [0.1, 0.15) is 5.65 Å². The summed E-state index contributed by atoms with van der Waals surface area (Å²) in [6.07, 6.45) is 10.2. The fourth-order valence-electron chi connectivity index (χ4n) is 4.30. The predicted octanol–water partition coefficient (Wildman–Crippen LogP) is 3.58. The molecule has 1 aliphatic heterocycles. The van der Waals surface area contributed by atoms with Gasteiger partial charge in [-0.3, -0.25) is 4.90 Å². The van der Waals surface area contributed by atoms with Gasteiger partial charge in [0.15, 0.2) is 0 Å². The van der Waals surface area contributed by atoms with Gasteiger partial charge in [0.05, 0.1) is 13.2 Å². The highest BCUT2D eigenvalue weighted by molar-refractivity contribution is 6.12. The van der Waals surface area contributed by atoms with Crippen molar-refractivity contribution in [2.45, 2.75) is 37.6 Å². The first-order valence-electron chi connectivity index (χ1n) is 9.25. The Morgan fingerprint density at radius 2 is 2.04 bits per heavy atom. The maximum atomic E-state index is 7.46. The van der Waals surface area contributed by atoms with E-state index in [0.717, 1.165) is 54.5 Å². The Hall–Kier alpha value is -1.98. The second-order valence-corrected chi connectivity index (χ2v) is 7.19. The summed E-state index contributed by atoms with van der Waals surface area (Å²) in [4.78, 5) is 10.4. The third-order valence-corrected chi connectivity index (χ3v) is 5.80. The van der Waals surface area contributed by atoms with Crippen LogP contribution in [0.5, 0.6) is 0 Å². The zero-order valence-corrected chi connectivity index (χ0v) is 14.6. The molecular weight excluding hydrogens is 312 g/mol. The zero-order chi connectivity index (χ0) is 17.2. The van der Waals surface area contributed by atoms with Gasteiger partial charge in [-0.05, 0) is 48.8 Å². The first kappa shape index (κ1) is 16.5. The summed E-state index contributed by atoms with van der Waals surface area (Å²) in [5, 5.41) is 8.54. The lowest BCUT2D eigenvalue weighted by molar-refractivity contribution is 0.00729. The SMILES string of the molecule is C=C(C=N)c1c[nH]c2ncc(C3CCC(N4CCOCC4)CC3)cc12. The number of hydrogen-bond acceptors (Lipinski definition) is 4. The molecule has 4 rings (SSSR count). The van der Waals surface area contributed by atoms with Crippen LogP contribution in [-0.2, 0) is 4.74 Å². The number of rotatable bonds is 4. The molecule has 25 heavy (non-hydrogen) atoms. The van der Waals surface area contributed by atoms with E-state index in [9.17, 15) is 0 Å². The Kier molecular flexibility index (Phi) is 4.68. The number of nitrogens with one attached hydrogen (secondary N) is 2. The number of allylic oxidation sites excluding steroid dienone is 1. The van der Waals surface area contributed by atoms with E-state index >= 15 is 0 Å². The third-order valence-electron chi connectivity index (χ3n) is 5.80. The van der Waals surface area contributed by atoms with Gasteiger partial charge >= 0.3 is 0 Å². The van der Waals surface area contributed by atoms with Crippen LogP contribution in [0.3, 0.4) is 0 Å². The molecule has 2 N–H and O–H groups in total. The average molecular weight is 338 g/mol. The van der Waals surface area contributed by atoms with Gasteiger partial charge in [0.25, 0.3) is 0 Å².